The first-order valence-electron chi connectivity index (χ1n) is 7.46. The van der Waals surface area contributed by atoms with Crippen LogP contribution in [0.25, 0.3) is 0 Å². The summed E-state index contributed by atoms with van der Waals surface area (Å²) in [6.07, 6.45) is 2.08. The van der Waals surface area contributed by atoms with Crippen molar-refractivity contribution < 1.29 is 9.53 Å². The van der Waals surface area contributed by atoms with Crippen LogP contribution in [0.5, 0.6) is 0 Å². The van der Waals surface area contributed by atoms with E-state index in [2.05, 4.69) is 37.4 Å². The second-order valence-corrected chi connectivity index (χ2v) is 5.80. The van der Waals surface area contributed by atoms with Crippen molar-refractivity contribution in [2.75, 3.05) is 19.8 Å². The first-order valence-corrected chi connectivity index (χ1v) is 7.46. The molecule has 3 heteroatoms. The van der Waals surface area contributed by atoms with Gasteiger partial charge in [0.15, 0.2) is 0 Å². The van der Waals surface area contributed by atoms with Gasteiger partial charge in [-0.1, -0.05) is 18.2 Å². The van der Waals surface area contributed by atoms with Crippen molar-refractivity contribution in [2.45, 2.75) is 45.6 Å². The monoisotopic (exact) mass is 275 g/mol. The highest BCUT2D eigenvalue weighted by atomic mass is 16.5. The molecule has 1 aliphatic heterocycles. The fraction of sp³-hybridized carbons (Fsp3) is 0.588. The van der Waals surface area contributed by atoms with Gasteiger partial charge in [-0.3, -0.25) is 4.79 Å². The van der Waals surface area contributed by atoms with E-state index in [1.165, 1.54) is 11.1 Å². The van der Waals surface area contributed by atoms with Crippen LogP contribution in [0.15, 0.2) is 18.2 Å². The number of hydrogen-bond acceptors (Lipinski definition) is 3. The molecule has 1 atom stereocenters. The number of carbonyl (C=O) groups is 1. The quantitative estimate of drug-likeness (QED) is 0.898. The molecular formula is C17H25NO2. The molecule has 1 aliphatic rings. The summed E-state index contributed by atoms with van der Waals surface area (Å²) in [7, 11) is 0. The molecule has 110 valence electrons. The Labute approximate surface area is 121 Å². The van der Waals surface area contributed by atoms with Crippen LogP contribution in [-0.2, 0) is 9.53 Å². The Morgan fingerprint density at radius 2 is 2.00 bits per heavy atom. The molecule has 0 unspecified atom stereocenters. The number of Topliss-reactive ketones (excluding diaryl/α,β-unsaturated/α-hetero) is 1. The van der Waals surface area contributed by atoms with Gasteiger partial charge < -0.3 is 10.1 Å². The van der Waals surface area contributed by atoms with Crippen LogP contribution in [0.4, 0.5) is 0 Å². The molecule has 0 saturated carbocycles. The Morgan fingerprint density at radius 3 is 2.60 bits per heavy atom. The summed E-state index contributed by atoms with van der Waals surface area (Å²) in [5.74, 6) is 0.185. The van der Waals surface area contributed by atoms with Crippen molar-refractivity contribution in [1.82, 2.24) is 5.32 Å². The van der Waals surface area contributed by atoms with Crippen LogP contribution < -0.4 is 5.32 Å². The molecule has 0 radical (unpaired) electrons. The standard InChI is InChI=1S/C17H25NO2/c1-12-4-5-15(10-13(12)2)17(14(3)19)11-18-16-6-8-20-9-7-16/h4-5,10,16-18H,6-9,11H2,1-3H3/t17-/m0/s1. The maximum Gasteiger partial charge on any atom is 0.138 e. The summed E-state index contributed by atoms with van der Waals surface area (Å²) in [5, 5.41) is 3.53. The first kappa shape index (κ1) is 15.2. The predicted molar refractivity (Wildman–Crippen MR) is 81.2 cm³/mol. The molecule has 0 amide bonds. The van der Waals surface area contributed by atoms with Gasteiger partial charge >= 0.3 is 0 Å². The minimum atomic E-state index is -0.0443. The van der Waals surface area contributed by atoms with E-state index in [-0.39, 0.29) is 11.7 Å². The average molecular weight is 275 g/mol. The molecule has 0 spiro atoms. The van der Waals surface area contributed by atoms with Crippen molar-refractivity contribution in [2.24, 2.45) is 0 Å². The lowest BCUT2D eigenvalue weighted by Crippen LogP contribution is -2.38. The summed E-state index contributed by atoms with van der Waals surface area (Å²) < 4.78 is 5.36. The predicted octanol–water partition coefficient (Wildman–Crippen LogP) is 2.74. The largest absolute Gasteiger partial charge is 0.381 e. The van der Waals surface area contributed by atoms with Crippen molar-refractivity contribution in [3.8, 4) is 0 Å². The van der Waals surface area contributed by atoms with Crippen molar-refractivity contribution in [3.63, 3.8) is 0 Å². The number of ketones is 1. The van der Waals surface area contributed by atoms with Crippen molar-refractivity contribution in [1.29, 1.82) is 0 Å². The topological polar surface area (TPSA) is 38.3 Å². The van der Waals surface area contributed by atoms with Gasteiger partial charge in [0.25, 0.3) is 0 Å². The zero-order chi connectivity index (χ0) is 14.5. The van der Waals surface area contributed by atoms with Crippen LogP contribution in [-0.4, -0.2) is 31.6 Å². The molecule has 2 rings (SSSR count). The first-order chi connectivity index (χ1) is 9.58. The van der Waals surface area contributed by atoms with Gasteiger partial charge in [0.2, 0.25) is 0 Å². The lowest BCUT2D eigenvalue weighted by molar-refractivity contribution is -0.118. The molecule has 1 heterocycles. The van der Waals surface area contributed by atoms with Crippen LogP contribution in [0.2, 0.25) is 0 Å². The van der Waals surface area contributed by atoms with E-state index >= 15 is 0 Å². The smallest absolute Gasteiger partial charge is 0.138 e. The molecule has 0 bridgehead atoms. The molecule has 1 fully saturated rings. The zero-order valence-corrected chi connectivity index (χ0v) is 12.7. The highest BCUT2D eigenvalue weighted by Crippen LogP contribution is 2.20. The van der Waals surface area contributed by atoms with E-state index in [1.54, 1.807) is 6.92 Å². The van der Waals surface area contributed by atoms with Crippen LogP contribution >= 0.6 is 0 Å². The number of aryl methyl sites for hydroxylation is 2. The summed E-state index contributed by atoms with van der Waals surface area (Å²) in [5.41, 5.74) is 3.65. The number of hydrogen-bond donors (Lipinski definition) is 1. The average Bonchev–Trinajstić information content (AvgIpc) is 2.43. The Hall–Kier alpha value is -1.19. The molecule has 1 saturated heterocycles. The normalized spacial score (nSPS) is 17.9. The Kier molecular flexibility index (Phi) is 5.32. The lowest BCUT2D eigenvalue weighted by Gasteiger charge is -2.25. The number of rotatable bonds is 5. The number of nitrogens with one attached hydrogen (secondary N) is 1. The third-order valence-electron chi connectivity index (χ3n) is 4.26. The summed E-state index contributed by atoms with van der Waals surface area (Å²) in [4.78, 5) is 11.9. The fourth-order valence-corrected chi connectivity index (χ4v) is 2.66. The molecule has 0 aliphatic carbocycles. The number of benzene rings is 1. The molecular weight excluding hydrogens is 250 g/mol. The van der Waals surface area contributed by atoms with Gasteiger partial charge in [0, 0.05) is 25.8 Å². The van der Waals surface area contributed by atoms with Gasteiger partial charge in [-0.05, 0) is 50.3 Å². The summed E-state index contributed by atoms with van der Waals surface area (Å²) in [6, 6.07) is 6.82. The van der Waals surface area contributed by atoms with E-state index in [0.29, 0.717) is 6.04 Å². The highest BCUT2D eigenvalue weighted by Gasteiger charge is 2.20. The molecule has 3 nitrogen and oxygen atoms in total. The van der Waals surface area contributed by atoms with Crippen molar-refractivity contribution >= 4 is 5.78 Å². The third-order valence-corrected chi connectivity index (χ3v) is 4.26. The van der Waals surface area contributed by atoms with E-state index in [4.69, 9.17) is 4.74 Å². The fourth-order valence-electron chi connectivity index (χ4n) is 2.66. The Bertz CT molecular complexity index is 464. The van der Waals surface area contributed by atoms with E-state index < -0.39 is 0 Å². The molecule has 0 aromatic heterocycles. The van der Waals surface area contributed by atoms with Gasteiger partial charge in [-0.2, -0.15) is 0 Å². The molecule has 1 N–H and O–H groups in total. The van der Waals surface area contributed by atoms with Crippen molar-refractivity contribution in [3.05, 3.63) is 34.9 Å². The van der Waals surface area contributed by atoms with Gasteiger partial charge in [0.1, 0.15) is 5.78 Å². The van der Waals surface area contributed by atoms with Crippen LogP contribution in [0, 0.1) is 13.8 Å². The lowest BCUT2D eigenvalue weighted by atomic mass is 9.92. The molecule has 1 aromatic rings. The second kappa shape index (κ2) is 7.00. The molecule has 1 aromatic carbocycles. The van der Waals surface area contributed by atoms with Crippen LogP contribution in [0.3, 0.4) is 0 Å². The minimum Gasteiger partial charge on any atom is -0.381 e. The van der Waals surface area contributed by atoms with Gasteiger partial charge in [0.05, 0.1) is 5.92 Å². The number of ether oxygens (including phenoxy) is 1. The minimum absolute atomic E-state index is 0.0443. The van der Waals surface area contributed by atoms with Crippen LogP contribution in [0.1, 0.15) is 42.4 Å². The molecule has 20 heavy (non-hydrogen) atoms. The summed E-state index contributed by atoms with van der Waals surface area (Å²) >= 11 is 0. The Morgan fingerprint density at radius 1 is 1.30 bits per heavy atom. The number of carbonyl (C=O) groups excluding carboxylic acids is 1. The third kappa shape index (κ3) is 3.90. The van der Waals surface area contributed by atoms with E-state index in [1.807, 2.05) is 0 Å². The maximum absolute atomic E-state index is 11.9. The van der Waals surface area contributed by atoms with Gasteiger partial charge in [-0.15, -0.1) is 0 Å². The summed E-state index contributed by atoms with van der Waals surface area (Å²) in [6.45, 7) is 8.26. The Balaban J connectivity index is 2.02. The highest BCUT2D eigenvalue weighted by molar-refractivity contribution is 5.83. The SMILES string of the molecule is CC(=O)[C@H](CNC1CCOCC1)c1ccc(C)c(C)c1. The van der Waals surface area contributed by atoms with E-state index in [0.717, 1.165) is 38.2 Å². The maximum atomic E-state index is 11.9. The van der Waals surface area contributed by atoms with E-state index in [9.17, 15) is 4.79 Å². The second-order valence-electron chi connectivity index (χ2n) is 5.80. The zero-order valence-electron chi connectivity index (χ0n) is 12.7. The van der Waals surface area contributed by atoms with Gasteiger partial charge in [-0.25, -0.2) is 0 Å².